The van der Waals surface area contributed by atoms with Crippen LogP contribution < -0.4 is 0 Å². The van der Waals surface area contributed by atoms with Gasteiger partial charge < -0.3 is 4.74 Å². The fourth-order valence-corrected chi connectivity index (χ4v) is 2.76. The Morgan fingerprint density at radius 3 is 2.81 bits per heavy atom. The van der Waals surface area contributed by atoms with Crippen molar-refractivity contribution in [1.82, 2.24) is 9.97 Å². The molecule has 3 rings (SSSR count). The summed E-state index contributed by atoms with van der Waals surface area (Å²) in [5.41, 5.74) is 3.72. The van der Waals surface area contributed by atoms with E-state index in [2.05, 4.69) is 38.0 Å². The van der Waals surface area contributed by atoms with Crippen LogP contribution in [0.4, 0.5) is 0 Å². The lowest BCUT2D eigenvalue weighted by Crippen LogP contribution is -2.02. The van der Waals surface area contributed by atoms with Crippen molar-refractivity contribution in [1.29, 1.82) is 0 Å². The van der Waals surface area contributed by atoms with Crippen molar-refractivity contribution in [3.63, 3.8) is 0 Å². The molecule has 0 saturated carbocycles. The topological polar surface area (TPSA) is 52.1 Å². The zero-order valence-corrected chi connectivity index (χ0v) is 13.1. The minimum Gasteiger partial charge on any atom is -0.465 e. The number of methoxy groups -OCH3 is 1. The van der Waals surface area contributed by atoms with Gasteiger partial charge in [0.1, 0.15) is 10.3 Å². The predicted molar refractivity (Wildman–Crippen MR) is 84.9 cm³/mol. The number of halogens is 1. The average Bonchev–Trinajstić information content (AvgIpc) is 2.54. The molecule has 0 fully saturated rings. The molecule has 2 aromatic rings. The molecule has 0 N–H and O–H groups in total. The number of carbonyl (C=O) groups excluding carboxylic acids is 1. The summed E-state index contributed by atoms with van der Waals surface area (Å²) in [6.07, 6.45) is 8.37. The van der Waals surface area contributed by atoms with Crippen LogP contribution in [-0.4, -0.2) is 23.0 Å². The zero-order chi connectivity index (χ0) is 14.8. The van der Waals surface area contributed by atoms with Gasteiger partial charge in [0.05, 0.1) is 23.7 Å². The molecule has 0 aliphatic heterocycles. The molecule has 4 nitrogen and oxygen atoms in total. The number of hydrogen-bond acceptors (Lipinski definition) is 4. The fraction of sp³-hybridized carbons (Fsp3) is 0.188. The van der Waals surface area contributed by atoms with Crippen molar-refractivity contribution in [3.05, 3.63) is 52.3 Å². The minimum atomic E-state index is -0.375. The van der Waals surface area contributed by atoms with Crippen LogP contribution in [0.5, 0.6) is 0 Å². The summed E-state index contributed by atoms with van der Waals surface area (Å²) < 4.78 is 5.44. The van der Waals surface area contributed by atoms with E-state index in [1.807, 2.05) is 6.08 Å². The van der Waals surface area contributed by atoms with Crippen molar-refractivity contribution >= 4 is 38.5 Å². The molecule has 0 radical (unpaired) electrons. The second-order valence-electron chi connectivity index (χ2n) is 4.70. The minimum absolute atomic E-state index is 0.375. The highest BCUT2D eigenvalue weighted by Crippen LogP contribution is 2.27. The molecule has 0 amide bonds. The number of allylic oxidation sites excluding steroid dienone is 4. The van der Waals surface area contributed by atoms with Gasteiger partial charge in [0.15, 0.2) is 0 Å². The van der Waals surface area contributed by atoms with Crippen molar-refractivity contribution in [2.45, 2.75) is 12.8 Å². The molecule has 0 bridgehead atoms. The van der Waals surface area contributed by atoms with E-state index in [4.69, 9.17) is 4.74 Å². The Balaban J connectivity index is 2.14. The van der Waals surface area contributed by atoms with Gasteiger partial charge in [-0.2, -0.15) is 0 Å². The number of nitrogens with zero attached hydrogens (tertiary/aromatic N) is 2. The summed E-state index contributed by atoms with van der Waals surface area (Å²) in [4.78, 5) is 20.8. The van der Waals surface area contributed by atoms with Gasteiger partial charge in [0.25, 0.3) is 0 Å². The van der Waals surface area contributed by atoms with Crippen LogP contribution in [0.3, 0.4) is 0 Å². The fourth-order valence-electron chi connectivity index (χ4n) is 2.25. The highest BCUT2D eigenvalue weighted by molar-refractivity contribution is 9.10. The summed E-state index contributed by atoms with van der Waals surface area (Å²) in [5, 5.41) is 0. The first-order valence-corrected chi connectivity index (χ1v) is 7.41. The quantitative estimate of drug-likeness (QED) is 0.775. The average molecular weight is 345 g/mol. The van der Waals surface area contributed by atoms with Crippen molar-refractivity contribution in [2.75, 3.05) is 7.11 Å². The first-order valence-electron chi connectivity index (χ1n) is 6.62. The highest BCUT2D eigenvalue weighted by atomic mass is 79.9. The maximum absolute atomic E-state index is 11.6. The Bertz CT molecular complexity index is 781. The molecule has 21 heavy (non-hydrogen) atoms. The normalized spacial score (nSPS) is 14.1. The zero-order valence-electron chi connectivity index (χ0n) is 11.5. The molecule has 1 aliphatic carbocycles. The van der Waals surface area contributed by atoms with Gasteiger partial charge in [-0.1, -0.05) is 18.2 Å². The number of aromatic nitrogens is 2. The Hall–Kier alpha value is -2.01. The van der Waals surface area contributed by atoms with Gasteiger partial charge in [-0.15, -0.1) is 0 Å². The van der Waals surface area contributed by atoms with Crippen LogP contribution in [0.2, 0.25) is 0 Å². The van der Waals surface area contributed by atoms with E-state index in [0.717, 1.165) is 29.6 Å². The molecule has 0 spiro atoms. The summed E-state index contributed by atoms with van der Waals surface area (Å²) in [7, 11) is 1.36. The number of carbonyl (C=O) groups is 1. The molecule has 0 saturated heterocycles. The summed E-state index contributed by atoms with van der Waals surface area (Å²) in [6.45, 7) is 0. The number of ether oxygens (including phenoxy) is 1. The van der Waals surface area contributed by atoms with Gasteiger partial charge in [-0.05, 0) is 52.5 Å². The van der Waals surface area contributed by atoms with E-state index >= 15 is 0 Å². The van der Waals surface area contributed by atoms with Gasteiger partial charge in [-0.25, -0.2) is 14.8 Å². The van der Waals surface area contributed by atoms with Crippen LogP contribution >= 0.6 is 15.9 Å². The molecular formula is C16H13BrN2O2. The third kappa shape index (κ3) is 2.74. The molecule has 1 aromatic carbocycles. The van der Waals surface area contributed by atoms with Crippen LogP contribution in [0.25, 0.3) is 16.6 Å². The van der Waals surface area contributed by atoms with E-state index < -0.39 is 0 Å². The smallest absolute Gasteiger partial charge is 0.337 e. The lowest BCUT2D eigenvalue weighted by Gasteiger charge is -2.09. The van der Waals surface area contributed by atoms with E-state index in [1.54, 1.807) is 18.2 Å². The second kappa shape index (κ2) is 5.77. The number of fused-ring (bicyclic) bond motifs is 1. The first kappa shape index (κ1) is 13.9. The number of rotatable bonds is 2. The van der Waals surface area contributed by atoms with Crippen LogP contribution in [0.1, 0.15) is 28.9 Å². The Labute approximate surface area is 130 Å². The third-order valence-corrected chi connectivity index (χ3v) is 3.86. The van der Waals surface area contributed by atoms with Gasteiger partial charge >= 0.3 is 5.97 Å². The molecule has 0 atom stereocenters. The lowest BCUT2D eigenvalue weighted by atomic mass is 10.0. The van der Waals surface area contributed by atoms with Crippen LogP contribution in [-0.2, 0) is 4.74 Å². The Kier molecular flexibility index (Phi) is 3.84. The Morgan fingerprint density at radius 1 is 1.24 bits per heavy atom. The summed E-state index contributed by atoms with van der Waals surface area (Å²) >= 11 is 3.47. The van der Waals surface area contributed by atoms with Gasteiger partial charge in [-0.3, -0.25) is 0 Å². The maximum Gasteiger partial charge on any atom is 0.337 e. The van der Waals surface area contributed by atoms with Crippen LogP contribution in [0, 0.1) is 0 Å². The molecule has 5 heteroatoms. The monoisotopic (exact) mass is 344 g/mol. The van der Waals surface area contributed by atoms with Gasteiger partial charge in [0, 0.05) is 0 Å². The van der Waals surface area contributed by atoms with Crippen molar-refractivity contribution in [2.24, 2.45) is 0 Å². The van der Waals surface area contributed by atoms with E-state index in [-0.39, 0.29) is 5.97 Å². The molecule has 0 unspecified atom stereocenters. The molecular weight excluding hydrogens is 332 g/mol. The second-order valence-corrected chi connectivity index (χ2v) is 5.45. The standard InChI is InChI=1S/C16H13BrN2O2/c1-21-16(20)11-7-8-12-13(9-11)18-14(15(17)19-12)10-5-3-2-4-6-10/h3,5-9H,2,4H2,1H3. The van der Waals surface area contributed by atoms with Gasteiger partial charge in [0.2, 0.25) is 0 Å². The number of benzene rings is 1. The van der Waals surface area contributed by atoms with E-state index in [0.29, 0.717) is 15.7 Å². The van der Waals surface area contributed by atoms with E-state index in [9.17, 15) is 4.79 Å². The number of esters is 1. The maximum atomic E-state index is 11.6. The molecule has 106 valence electrons. The summed E-state index contributed by atoms with van der Waals surface area (Å²) in [5.74, 6) is -0.375. The SMILES string of the molecule is COC(=O)c1ccc2nc(Br)c(C3=CCCC=C3)nc2c1. The molecule has 1 heterocycles. The third-order valence-electron chi connectivity index (χ3n) is 3.31. The molecule has 1 aromatic heterocycles. The largest absolute Gasteiger partial charge is 0.465 e. The highest BCUT2D eigenvalue weighted by Gasteiger charge is 2.13. The predicted octanol–water partition coefficient (Wildman–Crippen LogP) is 3.91. The Morgan fingerprint density at radius 2 is 2.10 bits per heavy atom. The first-order chi connectivity index (χ1) is 10.2. The molecule has 1 aliphatic rings. The van der Waals surface area contributed by atoms with E-state index in [1.165, 1.54) is 7.11 Å². The van der Waals surface area contributed by atoms with Crippen molar-refractivity contribution in [3.8, 4) is 0 Å². The lowest BCUT2D eigenvalue weighted by molar-refractivity contribution is 0.0601. The van der Waals surface area contributed by atoms with Crippen molar-refractivity contribution < 1.29 is 9.53 Å². The van der Waals surface area contributed by atoms with Crippen LogP contribution in [0.15, 0.2) is 41.0 Å². The number of hydrogen-bond donors (Lipinski definition) is 0. The summed E-state index contributed by atoms with van der Waals surface area (Å²) in [6, 6.07) is 5.17.